The molecule has 0 heterocycles. The number of amides is 1. The lowest BCUT2D eigenvalue weighted by molar-refractivity contribution is -0.153. The fraction of sp³-hybridized carbons (Fsp3) is 0.294. The maximum Gasteiger partial charge on any atom is 0.255 e. The molecule has 0 spiro atoms. The van der Waals surface area contributed by atoms with Crippen molar-refractivity contribution in [3.05, 3.63) is 76.6 Å². The topological polar surface area (TPSA) is 217 Å². The lowest BCUT2D eigenvalue weighted by atomic mass is 9.57. The Bertz CT molecular complexity index is 1930. The van der Waals surface area contributed by atoms with Gasteiger partial charge in [0.25, 0.3) is 5.91 Å². The number of nitrogens with two attached hydrogens (primary N) is 3. The largest absolute Gasteiger partial charge is 0.508 e. The van der Waals surface area contributed by atoms with Crippen LogP contribution in [0.1, 0.15) is 17.5 Å². The van der Waals surface area contributed by atoms with Gasteiger partial charge in [0, 0.05) is 36.8 Å². The normalized spacial score (nSPS) is 23.0. The number of likely N-dealkylation sites (N-methyl/N-ethyl adjacent to an activating group) is 1. The molecule has 1 amide bonds. The second-order valence-corrected chi connectivity index (χ2v) is 12.9. The Morgan fingerprint density at radius 1 is 0.958 bits per heavy atom. The van der Waals surface area contributed by atoms with Crippen LogP contribution in [0.5, 0.6) is 5.75 Å². The number of hydrogen-bond donors (Lipinski definition) is 7. The number of phenolic OH excluding ortho intramolecular Hbond substituents is 1. The number of aromatic hydroxyl groups is 1. The number of primary amides is 1. The minimum absolute atomic E-state index is 0. The second kappa shape index (κ2) is 13.1. The van der Waals surface area contributed by atoms with Crippen molar-refractivity contribution in [2.24, 2.45) is 29.0 Å². The van der Waals surface area contributed by atoms with E-state index in [1.165, 1.54) is 4.90 Å². The number of Topliss-reactive ketones (excluding diaryl/α,β-unsaturated/α-hetero) is 2. The van der Waals surface area contributed by atoms with Crippen molar-refractivity contribution in [2.75, 3.05) is 33.1 Å². The highest BCUT2D eigenvalue weighted by molar-refractivity contribution is 7.80. The molecule has 3 aromatic carbocycles. The molecule has 14 heteroatoms. The molecular weight excluding hydrogens is 658 g/mol. The third-order valence-corrected chi connectivity index (χ3v) is 9.26. The quantitative estimate of drug-likeness (QED) is 0.155. The van der Waals surface area contributed by atoms with Gasteiger partial charge >= 0.3 is 0 Å². The van der Waals surface area contributed by atoms with Gasteiger partial charge in [0.1, 0.15) is 22.8 Å². The first kappa shape index (κ1) is 36.2. The second-order valence-electron chi connectivity index (χ2n) is 12.4. The Balaban J connectivity index is 0.000000986. The molecule has 4 atom stereocenters. The number of nitrogens with zero attached hydrogens (tertiary/aromatic N) is 2. The first-order valence-electron chi connectivity index (χ1n) is 14.8. The van der Waals surface area contributed by atoms with Crippen LogP contribution in [-0.4, -0.2) is 87.7 Å². The Morgan fingerprint density at radius 2 is 1.56 bits per heavy atom. The van der Waals surface area contributed by atoms with E-state index in [1.54, 1.807) is 14.1 Å². The van der Waals surface area contributed by atoms with Crippen LogP contribution in [0.3, 0.4) is 0 Å². The lowest BCUT2D eigenvalue weighted by Crippen LogP contribution is -2.65. The van der Waals surface area contributed by atoms with Gasteiger partial charge in [-0.3, -0.25) is 19.3 Å². The molecule has 1 saturated carbocycles. The van der Waals surface area contributed by atoms with Gasteiger partial charge in [0.05, 0.1) is 11.6 Å². The number of carbonyl (C=O) groups excluding carboxylic acids is 3. The Morgan fingerprint density at radius 3 is 2.15 bits per heavy atom. The van der Waals surface area contributed by atoms with Gasteiger partial charge in [0.15, 0.2) is 16.5 Å². The number of hydrogen-bond acceptors (Lipinski definition) is 10. The van der Waals surface area contributed by atoms with Gasteiger partial charge in [-0.1, -0.05) is 42.5 Å². The maximum atomic E-state index is 14.2. The fourth-order valence-electron chi connectivity index (χ4n) is 7.36. The van der Waals surface area contributed by atoms with Gasteiger partial charge in [-0.05, 0) is 73.0 Å². The maximum absolute atomic E-state index is 14.2. The number of fused-ring (bicyclic) bond motifs is 4. The molecule has 0 aliphatic heterocycles. The monoisotopic (exact) mass is 695 g/mol. The SMILES string of the molecule is CN(C)c1cc(-c2cccc3ccccc23)c(O)c2c1C[C@H]1C[C@H]3[C@H](N(C)C)C(=O)C(C(N)=O)=C(O)[C@@]3(O)C(=O)C1=C2O.Cl.NC(N)=S. The Kier molecular flexibility index (Phi) is 9.85. The predicted molar refractivity (Wildman–Crippen MR) is 190 cm³/mol. The zero-order valence-electron chi connectivity index (χ0n) is 26.7. The third-order valence-electron chi connectivity index (χ3n) is 9.26. The zero-order chi connectivity index (χ0) is 34.7. The molecule has 12 nitrogen and oxygen atoms in total. The van der Waals surface area contributed by atoms with Crippen molar-refractivity contribution in [2.45, 2.75) is 24.5 Å². The van der Waals surface area contributed by atoms with Gasteiger partial charge in [-0.2, -0.15) is 0 Å². The molecule has 3 aliphatic rings. The summed E-state index contributed by atoms with van der Waals surface area (Å²) in [5.41, 5.74) is 13.5. The van der Waals surface area contributed by atoms with E-state index in [4.69, 9.17) is 5.73 Å². The van der Waals surface area contributed by atoms with Crippen molar-refractivity contribution in [3.8, 4) is 16.9 Å². The third kappa shape index (κ3) is 5.52. The number of ketones is 2. The van der Waals surface area contributed by atoms with E-state index in [9.17, 15) is 34.8 Å². The summed E-state index contributed by atoms with van der Waals surface area (Å²) in [4.78, 5) is 43.1. The van der Waals surface area contributed by atoms with Crippen LogP contribution in [0.4, 0.5) is 5.69 Å². The molecule has 48 heavy (non-hydrogen) atoms. The number of aliphatic hydroxyl groups excluding tert-OH is 2. The van der Waals surface area contributed by atoms with E-state index in [0.29, 0.717) is 11.1 Å². The summed E-state index contributed by atoms with van der Waals surface area (Å²) in [5, 5.41) is 48.4. The average Bonchev–Trinajstić information content (AvgIpc) is 2.98. The van der Waals surface area contributed by atoms with Gasteiger partial charge < -0.3 is 42.5 Å². The molecule has 0 aromatic heterocycles. The molecule has 254 valence electrons. The summed E-state index contributed by atoms with van der Waals surface area (Å²) >= 11 is 4.09. The van der Waals surface area contributed by atoms with Crippen molar-refractivity contribution >= 4 is 69.4 Å². The highest BCUT2D eigenvalue weighted by atomic mass is 35.5. The van der Waals surface area contributed by atoms with E-state index in [2.05, 4.69) is 23.7 Å². The number of thiocarbonyl (C=S) groups is 1. The molecule has 3 aromatic rings. The molecule has 3 aliphatic carbocycles. The van der Waals surface area contributed by atoms with Crippen LogP contribution in [0, 0.1) is 11.8 Å². The molecule has 1 fully saturated rings. The molecule has 0 unspecified atom stereocenters. The van der Waals surface area contributed by atoms with Gasteiger partial charge in [0.2, 0.25) is 5.78 Å². The van der Waals surface area contributed by atoms with Crippen LogP contribution in [-0.2, 0) is 20.8 Å². The van der Waals surface area contributed by atoms with Crippen LogP contribution in [0.15, 0.2) is 65.4 Å². The number of aliphatic hydroxyl groups is 3. The summed E-state index contributed by atoms with van der Waals surface area (Å²) in [6, 6.07) is 14.1. The average molecular weight is 696 g/mol. The summed E-state index contributed by atoms with van der Waals surface area (Å²) in [6.45, 7) is 0. The fourth-order valence-corrected chi connectivity index (χ4v) is 7.36. The molecule has 6 rings (SSSR count). The Labute approximate surface area is 288 Å². The first-order valence-corrected chi connectivity index (χ1v) is 15.2. The van der Waals surface area contributed by atoms with E-state index < -0.39 is 58.0 Å². The number of benzene rings is 3. The van der Waals surface area contributed by atoms with Crippen LogP contribution < -0.4 is 22.1 Å². The van der Waals surface area contributed by atoms with Crippen LogP contribution >= 0.6 is 24.6 Å². The minimum atomic E-state index is -2.68. The van der Waals surface area contributed by atoms with Crippen molar-refractivity contribution < 1.29 is 34.8 Å². The van der Waals surface area contributed by atoms with Crippen LogP contribution in [0.25, 0.3) is 27.7 Å². The summed E-state index contributed by atoms with van der Waals surface area (Å²) < 4.78 is 0. The number of phenols is 1. The lowest BCUT2D eigenvalue weighted by Gasteiger charge is -2.50. The van der Waals surface area contributed by atoms with Gasteiger partial charge in [-0.25, -0.2) is 0 Å². The highest BCUT2D eigenvalue weighted by Gasteiger charge is 2.64. The molecule has 10 N–H and O–H groups in total. The van der Waals surface area contributed by atoms with Gasteiger partial charge in [-0.15, -0.1) is 12.4 Å². The first-order chi connectivity index (χ1) is 22.0. The van der Waals surface area contributed by atoms with Crippen molar-refractivity contribution in [3.63, 3.8) is 0 Å². The summed E-state index contributed by atoms with van der Waals surface area (Å²) in [6.07, 6.45) is 0.246. The number of carbonyl (C=O) groups is 3. The number of halogens is 1. The highest BCUT2D eigenvalue weighted by Crippen LogP contribution is 2.55. The standard InChI is InChI=1S/C33H33N3O7.CH4N2S.ClH/c1-35(2)22-14-19(18-11-7-9-15-8-5-6-10-17(15)18)27(37)24-20(22)12-16-13-21-26(36(3)4)29(39)25(32(34)42)31(41)33(21,43)30(40)23(16)28(24)38;2-1(3)4;/h5-11,14,16,21,26,37-38,41,43H,12-13H2,1-4H3,(H2,34,42);(H4,2,3,4);1H/t16-,21-,26-,33-;;/m0../s1. The van der Waals surface area contributed by atoms with Crippen molar-refractivity contribution in [1.29, 1.82) is 0 Å². The minimum Gasteiger partial charge on any atom is -0.508 e. The number of anilines is 1. The number of rotatable bonds is 4. The predicted octanol–water partition coefficient (Wildman–Crippen LogP) is 2.46. The van der Waals surface area contributed by atoms with E-state index in [0.717, 1.165) is 22.0 Å². The van der Waals surface area contributed by atoms with E-state index in [-0.39, 0.29) is 47.2 Å². The van der Waals surface area contributed by atoms with E-state index in [1.807, 2.05) is 67.5 Å². The zero-order valence-corrected chi connectivity index (χ0v) is 28.4. The Hall–Kier alpha value is -4.69. The molecule has 0 radical (unpaired) electrons. The molecule has 0 saturated heterocycles. The van der Waals surface area contributed by atoms with Crippen molar-refractivity contribution in [1.82, 2.24) is 4.90 Å². The van der Waals surface area contributed by atoms with Crippen LogP contribution in [0.2, 0.25) is 0 Å². The summed E-state index contributed by atoms with van der Waals surface area (Å²) in [7, 11) is 6.84. The smallest absolute Gasteiger partial charge is 0.255 e. The van der Waals surface area contributed by atoms with E-state index >= 15 is 0 Å². The molecular formula is C34H38ClN5O7S. The summed E-state index contributed by atoms with van der Waals surface area (Å²) in [5.74, 6) is -6.71. The molecule has 0 bridgehead atoms.